The van der Waals surface area contributed by atoms with Crippen LogP contribution in [0.4, 0.5) is 32.9 Å². The molecule has 3 aliphatic heterocycles. The van der Waals surface area contributed by atoms with E-state index >= 15 is 4.39 Å². The van der Waals surface area contributed by atoms with E-state index in [1.165, 1.54) is 0 Å². The van der Waals surface area contributed by atoms with Crippen molar-refractivity contribution in [3.8, 4) is 17.1 Å². The number of anilines is 2. The van der Waals surface area contributed by atoms with Crippen LogP contribution in [0.1, 0.15) is 24.8 Å². The Morgan fingerprint density at radius 3 is 2.52 bits per heavy atom. The van der Waals surface area contributed by atoms with E-state index in [1.807, 2.05) is 4.90 Å². The number of aromatic nitrogens is 3. The second-order valence-corrected chi connectivity index (χ2v) is 11.3. The maximum atomic E-state index is 16.5. The number of fused-ring (bicyclic) bond motifs is 4. The number of alkyl halides is 3. The third-order valence-electron chi connectivity index (χ3n) is 7.65. The number of nitrogen functional groups attached to an aromatic ring is 1. The lowest BCUT2D eigenvalue weighted by Crippen LogP contribution is -2.51. The third kappa shape index (κ3) is 4.29. The maximum absolute atomic E-state index is 16.5. The molecule has 2 aromatic carbocycles. The third-order valence-corrected chi connectivity index (χ3v) is 8.55. The van der Waals surface area contributed by atoms with Crippen molar-refractivity contribution in [1.82, 2.24) is 20.3 Å². The number of nitrogens with zero attached hydrogens (tertiary/aromatic N) is 4. The SMILES string of the molecule is Nc1nc2c(-c3c(C(F)(F)F)cc4c(N5CC6CCC(C5)N6)nc(OC5CCOC5)nc4c3F)ccc(F)c2s1. The number of ether oxygens (including phenoxy) is 2. The average Bonchev–Trinajstić information content (AvgIpc) is 3.64. The number of nitrogens with one attached hydrogen (secondary N) is 1. The van der Waals surface area contributed by atoms with Gasteiger partial charge >= 0.3 is 12.2 Å². The van der Waals surface area contributed by atoms with Gasteiger partial charge in [-0.1, -0.05) is 11.3 Å². The van der Waals surface area contributed by atoms with Gasteiger partial charge < -0.3 is 25.4 Å². The Bertz CT molecular complexity index is 1630. The summed E-state index contributed by atoms with van der Waals surface area (Å²) in [5.74, 6) is -1.76. The molecule has 2 bridgehead atoms. The van der Waals surface area contributed by atoms with E-state index in [9.17, 15) is 17.6 Å². The molecule has 0 radical (unpaired) electrons. The van der Waals surface area contributed by atoms with Crippen LogP contribution in [0.3, 0.4) is 0 Å². The summed E-state index contributed by atoms with van der Waals surface area (Å²) >= 11 is 0.776. The average molecular weight is 579 g/mol. The quantitative estimate of drug-likeness (QED) is 0.331. The van der Waals surface area contributed by atoms with Gasteiger partial charge in [-0.2, -0.15) is 23.1 Å². The van der Waals surface area contributed by atoms with Gasteiger partial charge in [0.15, 0.2) is 10.9 Å². The fourth-order valence-electron chi connectivity index (χ4n) is 5.89. The number of halogens is 5. The van der Waals surface area contributed by atoms with Crippen molar-refractivity contribution in [1.29, 1.82) is 0 Å². The zero-order valence-corrected chi connectivity index (χ0v) is 21.7. The smallest absolute Gasteiger partial charge is 0.417 e. The molecule has 2 aromatic heterocycles. The van der Waals surface area contributed by atoms with Crippen LogP contribution in [-0.2, 0) is 10.9 Å². The zero-order chi connectivity index (χ0) is 27.8. The molecule has 14 heteroatoms. The fraction of sp³-hybridized carbons (Fsp3) is 0.423. The number of hydrogen-bond donors (Lipinski definition) is 2. The molecule has 8 nitrogen and oxygen atoms in total. The minimum atomic E-state index is -4.96. The fourth-order valence-corrected chi connectivity index (χ4v) is 6.65. The molecule has 7 rings (SSSR count). The molecule has 3 atom stereocenters. The number of nitrogens with two attached hydrogens (primary N) is 1. The number of rotatable bonds is 4. The van der Waals surface area contributed by atoms with Gasteiger partial charge in [0.05, 0.1) is 29.0 Å². The van der Waals surface area contributed by atoms with Crippen molar-refractivity contribution in [2.45, 2.75) is 43.6 Å². The number of piperazine rings is 1. The summed E-state index contributed by atoms with van der Waals surface area (Å²) in [5, 5.41) is 3.34. The molecule has 3 fully saturated rings. The maximum Gasteiger partial charge on any atom is 0.417 e. The molecular formula is C26H23F5N6O2S. The number of thiazole rings is 1. The van der Waals surface area contributed by atoms with Gasteiger partial charge in [0.2, 0.25) is 0 Å². The standard InChI is InChI=1S/C26H23F5N6O2S/c27-17-4-3-14(21-22(17)40-24(32)34-21)18-16(26(29,30)31)7-15-20(19(18)28)35-25(39-13-5-6-38-10-13)36-23(15)37-8-11-1-2-12(9-37)33-11/h3-4,7,11-13,33H,1-2,5-6,8-10H2,(H2,32,34). The van der Waals surface area contributed by atoms with Crippen LogP contribution < -0.4 is 20.7 Å². The molecule has 0 saturated carbocycles. The van der Waals surface area contributed by atoms with Crippen LogP contribution in [-0.4, -0.2) is 59.4 Å². The van der Waals surface area contributed by atoms with Gasteiger partial charge in [-0.05, 0) is 31.0 Å². The number of benzene rings is 2. The summed E-state index contributed by atoms with van der Waals surface area (Å²) in [4.78, 5) is 14.7. The summed E-state index contributed by atoms with van der Waals surface area (Å²) in [7, 11) is 0. The van der Waals surface area contributed by atoms with Crippen molar-refractivity contribution in [3.05, 3.63) is 35.4 Å². The molecular weight excluding hydrogens is 555 g/mol. The van der Waals surface area contributed by atoms with Crippen molar-refractivity contribution >= 4 is 43.4 Å². The zero-order valence-electron chi connectivity index (χ0n) is 20.9. The lowest BCUT2D eigenvalue weighted by Gasteiger charge is -2.34. The highest BCUT2D eigenvalue weighted by atomic mass is 32.1. The Kier molecular flexibility index (Phi) is 5.98. The molecule has 0 spiro atoms. The van der Waals surface area contributed by atoms with Crippen molar-refractivity contribution in [2.24, 2.45) is 0 Å². The Morgan fingerprint density at radius 2 is 1.82 bits per heavy atom. The van der Waals surface area contributed by atoms with Gasteiger partial charge in [-0.25, -0.2) is 13.8 Å². The van der Waals surface area contributed by atoms with Crippen molar-refractivity contribution in [2.75, 3.05) is 36.9 Å². The minimum Gasteiger partial charge on any atom is -0.458 e. The van der Waals surface area contributed by atoms with E-state index in [0.29, 0.717) is 32.7 Å². The largest absolute Gasteiger partial charge is 0.458 e. The van der Waals surface area contributed by atoms with Crippen molar-refractivity contribution in [3.63, 3.8) is 0 Å². The molecule has 40 heavy (non-hydrogen) atoms. The molecule has 0 aliphatic carbocycles. The highest BCUT2D eigenvalue weighted by molar-refractivity contribution is 7.22. The van der Waals surface area contributed by atoms with E-state index in [2.05, 4.69) is 20.3 Å². The second-order valence-electron chi connectivity index (χ2n) is 10.3. The Morgan fingerprint density at radius 1 is 1.05 bits per heavy atom. The normalized spacial score (nSPS) is 23.0. The Labute approximate surface area is 228 Å². The molecule has 3 N–H and O–H groups in total. The predicted octanol–water partition coefficient (Wildman–Crippen LogP) is 4.89. The topological polar surface area (TPSA) is 98.4 Å². The Balaban J connectivity index is 1.49. The van der Waals surface area contributed by atoms with E-state index in [-0.39, 0.29) is 61.8 Å². The highest BCUT2D eigenvalue weighted by Gasteiger charge is 2.39. The molecule has 0 amide bonds. The van der Waals surface area contributed by atoms with Crippen LogP contribution in [0.5, 0.6) is 6.01 Å². The summed E-state index contributed by atoms with van der Waals surface area (Å²) in [6.45, 7) is 1.77. The van der Waals surface area contributed by atoms with E-state index < -0.39 is 28.9 Å². The van der Waals surface area contributed by atoms with Gasteiger partial charge in [-0.15, -0.1) is 0 Å². The van der Waals surface area contributed by atoms with Gasteiger partial charge in [0.1, 0.15) is 23.3 Å². The van der Waals surface area contributed by atoms with Gasteiger partial charge in [0, 0.05) is 48.1 Å². The summed E-state index contributed by atoms with van der Waals surface area (Å²) in [6, 6.07) is 3.08. The minimum absolute atomic E-state index is 0.0523. The highest BCUT2D eigenvalue weighted by Crippen LogP contribution is 2.46. The molecule has 3 aliphatic rings. The van der Waals surface area contributed by atoms with Crippen LogP contribution in [0.15, 0.2) is 18.2 Å². The first-order chi connectivity index (χ1) is 19.2. The van der Waals surface area contributed by atoms with E-state index in [0.717, 1.165) is 42.4 Å². The molecule has 3 unspecified atom stereocenters. The second kappa shape index (κ2) is 9.35. The van der Waals surface area contributed by atoms with Crippen LogP contribution in [0, 0.1) is 11.6 Å². The first-order valence-electron chi connectivity index (χ1n) is 12.9. The molecule has 3 saturated heterocycles. The first-order valence-corrected chi connectivity index (χ1v) is 13.7. The molecule has 210 valence electrons. The summed E-state index contributed by atoms with van der Waals surface area (Å²) in [5.41, 5.74) is 3.02. The van der Waals surface area contributed by atoms with Crippen LogP contribution in [0.2, 0.25) is 0 Å². The first kappa shape index (κ1) is 25.6. The van der Waals surface area contributed by atoms with Gasteiger partial charge in [-0.3, -0.25) is 0 Å². The summed E-state index contributed by atoms with van der Waals surface area (Å²) in [6.07, 6.45) is -2.89. The monoisotopic (exact) mass is 578 g/mol. The molecule has 4 aromatic rings. The lowest BCUT2D eigenvalue weighted by molar-refractivity contribution is -0.137. The molecule has 5 heterocycles. The van der Waals surface area contributed by atoms with E-state index in [1.54, 1.807) is 0 Å². The van der Waals surface area contributed by atoms with Gasteiger partial charge in [0.25, 0.3) is 0 Å². The van der Waals surface area contributed by atoms with E-state index in [4.69, 9.17) is 15.2 Å². The number of hydrogen-bond acceptors (Lipinski definition) is 9. The lowest BCUT2D eigenvalue weighted by atomic mass is 9.95. The van der Waals surface area contributed by atoms with Crippen LogP contribution in [0.25, 0.3) is 32.2 Å². The summed E-state index contributed by atoms with van der Waals surface area (Å²) < 4.78 is 86.0. The van der Waals surface area contributed by atoms with Crippen molar-refractivity contribution < 1.29 is 31.4 Å². The van der Waals surface area contributed by atoms with Crippen LogP contribution >= 0.6 is 11.3 Å². The Hall–Kier alpha value is -3.36. The predicted molar refractivity (Wildman–Crippen MR) is 139 cm³/mol.